The third-order valence-corrected chi connectivity index (χ3v) is 5.12. The minimum atomic E-state index is -1.08. The number of carboxylic acid groups (broad SMARTS) is 1. The van der Waals surface area contributed by atoms with Gasteiger partial charge in [0.2, 0.25) is 0 Å². The summed E-state index contributed by atoms with van der Waals surface area (Å²) >= 11 is 5.91. The molecule has 0 bridgehead atoms. The van der Waals surface area contributed by atoms with Crippen LogP contribution in [0.5, 0.6) is 11.5 Å². The number of carboxylic acids is 1. The molecule has 0 heterocycles. The molecule has 0 aromatic heterocycles. The van der Waals surface area contributed by atoms with Gasteiger partial charge in [0, 0.05) is 16.3 Å². The number of aromatic carboxylic acids is 1. The first-order chi connectivity index (χ1) is 17.3. The monoisotopic (exact) mass is 508 g/mol. The molecular weight excluding hydrogens is 484 g/mol. The third kappa shape index (κ3) is 7.10. The number of carbonyl (C=O) groups is 3. The number of hydrogen-bond donors (Lipinski definition) is 3. The van der Waals surface area contributed by atoms with Crippen LogP contribution in [0.3, 0.4) is 0 Å². The highest BCUT2D eigenvalue weighted by molar-refractivity contribution is 6.30. The number of rotatable bonds is 10. The van der Waals surface area contributed by atoms with Crippen LogP contribution < -0.4 is 20.1 Å². The Bertz CT molecular complexity index is 1270. The summed E-state index contributed by atoms with van der Waals surface area (Å²) in [5, 5.41) is 14.9. The molecule has 0 atom stereocenters. The van der Waals surface area contributed by atoms with E-state index in [1.807, 2.05) is 13.8 Å². The van der Waals surface area contributed by atoms with E-state index in [-0.39, 0.29) is 11.3 Å². The molecule has 9 heteroatoms. The van der Waals surface area contributed by atoms with Gasteiger partial charge in [-0.1, -0.05) is 17.7 Å². The summed E-state index contributed by atoms with van der Waals surface area (Å²) in [5.41, 5.74) is 1.30. The van der Waals surface area contributed by atoms with Gasteiger partial charge in [0.1, 0.15) is 5.70 Å². The van der Waals surface area contributed by atoms with Crippen molar-refractivity contribution in [1.29, 1.82) is 0 Å². The molecule has 3 aromatic rings. The molecule has 186 valence electrons. The quantitative estimate of drug-likeness (QED) is 0.322. The molecule has 0 aliphatic rings. The van der Waals surface area contributed by atoms with Crippen molar-refractivity contribution in [3.63, 3.8) is 0 Å². The SMILES string of the molecule is CCOc1ccc(C=C(NC(=O)c2ccc(Cl)cc2)C(=O)Nc2ccc(C(=O)O)cc2)cc1OCC. The largest absolute Gasteiger partial charge is 0.490 e. The lowest BCUT2D eigenvalue weighted by molar-refractivity contribution is -0.113. The molecule has 0 aliphatic heterocycles. The zero-order chi connectivity index (χ0) is 26.1. The molecule has 3 aromatic carbocycles. The maximum absolute atomic E-state index is 13.1. The van der Waals surface area contributed by atoms with Gasteiger partial charge in [-0.25, -0.2) is 4.79 Å². The second-order valence-electron chi connectivity index (χ2n) is 7.43. The molecule has 0 fully saturated rings. The number of halogens is 1. The lowest BCUT2D eigenvalue weighted by Crippen LogP contribution is -2.30. The van der Waals surface area contributed by atoms with Crippen LogP contribution in [0.15, 0.2) is 72.4 Å². The number of carbonyl (C=O) groups excluding carboxylic acids is 2. The van der Waals surface area contributed by atoms with Crippen molar-refractivity contribution in [2.45, 2.75) is 13.8 Å². The summed E-state index contributed by atoms with van der Waals surface area (Å²) < 4.78 is 11.2. The number of amides is 2. The highest BCUT2D eigenvalue weighted by Crippen LogP contribution is 2.29. The van der Waals surface area contributed by atoms with Crippen molar-refractivity contribution >= 4 is 41.1 Å². The van der Waals surface area contributed by atoms with Gasteiger partial charge in [0.05, 0.1) is 18.8 Å². The second kappa shape index (κ2) is 12.4. The highest BCUT2D eigenvalue weighted by Gasteiger charge is 2.16. The molecule has 3 rings (SSSR count). The average molecular weight is 509 g/mol. The van der Waals surface area contributed by atoms with Crippen LogP contribution in [0.1, 0.15) is 40.1 Å². The van der Waals surface area contributed by atoms with Crippen molar-refractivity contribution in [2.24, 2.45) is 0 Å². The van der Waals surface area contributed by atoms with Gasteiger partial charge in [-0.05, 0) is 86.2 Å². The molecule has 0 unspecified atom stereocenters. The number of anilines is 1. The molecule has 8 nitrogen and oxygen atoms in total. The Hall–Kier alpha value is -4.30. The van der Waals surface area contributed by atoms with E-state index in [0.29, 0.717) is 46.5 Å². The Morgan fingerprint density at radius 2 is 1.47 bits per heavy atom. The smallest absolute Gasteiger partial charge is 0.335 e. The van der Waals surface area contributed by atoms with E-state index in [0.717, 1.165) is 0 Å². The fourth-order valence-corrected chi connectivity index (χ4v) is 3.30. The normalized spacial score (nSPS) is 10.9. The minimum Gasteiger partial charge on any atom is -0.490 e. The third-order valence-electron chi connectivity index (χ3n) is 4.87. The zero-order valence-corrected chi connectivity index (χ0v) is 20.5. The van der Waals surface area contributed by atoms with Crippen molar-refractivity contribution in [2.75, 3.05) is 18.5 Å². The number of ether oxygens (including phenoxy) is 2. The van der Waals surface area contributed by atoms with Crippen molar-refractivity contribution < 1.29 is 29.0 Å². The lowest BCUT2D eigenvalue weighted by Gasteiger charge is -2.13. The van der Waals surface area contributed by atoms with E-state index < -0.39 is 17.8 Å². The van der Waals surface area contributed by atoms with Gasteiger partial charge in [-0.15, -0.1) is 0 Å². The van der Waals surface area contributed by atoms with Crippen molar-refractivity contribution in [3.05, 3.63) is 94.1 Å². The summed E-state index contributed by atoms with van der Waals surface area (Å²) in [6, 6.07) is 17.1. The van der Waals surface area contributed by atoms with Crippen LogP contribution in [0.4, 0.5) is 5.69 Å². The molecule has 0 spiro atoms. The van der Waals surface area contributed by atoms with Gasteiger partial charge in [0.15, 0.2) is 11.5 Å². The Morgan fingerprint density at radius 1 is 0.861 bits per heavy atom. The number of benzene rings is 3. The molecule has 0 saturated heterocycles. The molecule has 36 heavy (non-hydrogen) atoms. The summed E-state index contributed by atoms with van der Waals surface area (Å²) in [6.45, 7) is 4.58. The van der Waals surface area contributed by atoms with Crippen molar-refractivity contribution in [3.8, 4) is 11.5 Å². The Morgan fingerprint density at radius 3 is 2.08 bits per heavy atom. The summed E-state index contributed by atoms with van der Waals surface area (Å²) in [7, 11) is 0. The van der Waals surface area contributed by atoms with Crippen LogP contribution in [-0.2, 0) is 4.79 Å². The minimum absolute atomic E-state index is 0.0381. The molecule has 2 amide bonds. The van der Waals surface area contributed by atoms with Crippen LogP contribution >= 0.6 is 11.6 Å². The van der Waals surface area contributed by atoms with E-state index in [1.54, 1.807) is 42.5 Å². The van der Waals surface area contributed by atoms with Gasteiger partial charge in [-0.3, -0.25) is 9.59 Å². The summed E-state index contributed by atoms with van der Waals surface area (Å²) in [5.74, 6) is -1.13. The van der Waals surface area contributed by atoms with Crippen molar-refractivity contribution in [1.82, 2.24) is 5.32 Å². The predicted molar refractivity (Wildman–Crippen MR) is 138 cm³/mol. The molecular formula is C27H25ClN2O6. The summed E-state index contributed by atoms with van der Waals surface area (Å²) in [4.78, 5) is 37.1. The maximum atomic E-state index is 13.1. The van der Waals surface area contributed by atoms with Gasteiger partial charge >= 0.3 is 5.97 Å². The number of hydrogen-bond acceptors (Lipinski definition) is 5. The zero-order valence-electron chi connectivity index (χ0n) is 19.7. The first kappa shape index (κ1) is 26.3. The second-order valence-corrected chi connectivity index (χ2v) is 7.86. The van der Waals surface area contributed by atoms with E-state index in [4.69, 9.17) is 26.2 Å². The Labute approximate surface area is 213 Å². The fraction of sp³-hybridized carbons (Fsp3) is 0.148. The lowest BCUT2D eigenvalue weighted by atomic mass is 10.1. The average Bonchev–Trinajstić information content (AvgIpc) is 2.86. The molecule has 3 N–H and O–H groups in total. The van der Waals surface area contributed by atoms with E-state index in [2.05, 4.69) is 10.6 Å². The Kier molecular flexibility index (Phi) is 9.07. The van der Waals surface area contributed by atoms with Crippen LogP contribution in [0.2, 0.25) is 5.02 Å². The fourth-order valence-electron chi connectivity index (χ4n) is 3.17. The van der Waals surface area contributed by atoms with Gasteiger partial charge in [0.25, 0.3) is 11.8 Å². The first-order valence-corrected chi connectivity index (χ1v) is 11.5. The summed E-state index contributed by atoms with van der Waals surface area (Å²) in [6.07, 6.45) is 1.51. The molecule has 0 radical (unpaired) electrons. The van der Waals surface area contributed by atoms with Crippen LogP contribution in [0.25, 0.3) is 6.08 Å². The molecule has 0 aliphatic carbocycles. The van der Waals surface area contributed by atoms with Crippen LogP contribution in [-0.4, -0.2) is 36.1 Å². The predicted octanol–water partition coefficient (Wildman–Crippen LogP) is 5.25. The maximum Gasteiger partial charge on any atom is 0.335 e. The molecule has 0 saturated carbocycles. The highest BCUT2D eigenvalue weighted by atomic mass is 35.5. The van der Waals surface area contributed by atoms with Crippen LogP contribution in [0, 0.1) is 0 Å². The van der Waals surface area contributed by atoms with E-state index in [9.17, 15) is 14.4 Å². The van der Waals surface area contributed by atoms with Gasteiger partial charge in [-0.2, -0.15) is 0 Å². The van der Waals surface area contributed by atoms with E-state index in [1.165, 1.54) is 30.3 Å². The Balaban J connectivity index is 1.93. The standard InChI is InChI=1S/C27H25ClN2O6/c1-3-35-23-14-5-17(16-24(23)36-4-2)15-22(30-25(31)18-6-10-20(28)11-7-18)26(32)29-21-12-8-19(9-13-21)27(33)34/h5-16H,3-4H2,1-2H3,(H,29,32)(H,30,31)(H,33,34). The first-order valence-electron chi connectivity index (χ1n) is 11.1. The van der Waals surface area contributed by atoms with E-state index >= 15 is 0 Å². The topological polar surface area (TPSA) is 114 Å². The number of nitrogens with one attached hydrogen (secondary N) is 2. The van der Waals surface area contributed by atoms with Gasteiger partial charge < -0.3 is 25.2 Å².